The Bertz CT molecular complexity index is 112. The molecule has 1 N–H and O–H groups in total. The lowest BCUT2D eigenvalue weighted by atomic mass is 10.4. The van der Waals surface area contributed by atoms with Gasteiger partial charge in [-0.1, -0.05) is 19.9 Å². The maximum atomic E-state index is 10.4. The molecule has 0 heterocycles. The fourth-order valence-corrected chi connectivity index (χ4v) is 0.380. The third-order valence-corrected chi connectivity index (χ3v) is 0.958. The van der Waals surface area contributed by atoms with E-state index in [1.54, 1.807) is 0 Å². The van der Waals surface area contributed by atoms with E-state index in [0.717, 1.165) is 12.8 Å². The quantitative estimate of drug-likeness (QED) is 0.354. The molecule has 0 aromatic rings. The van der Waals surface area contributed by atoms with Crippen LogP contribution in [0.25, 0.3) is 0 Å². The van der Waals surface area contributed by atoms with E-state index in [1.807, 2.05) is 0 Å². The highest BCUT2D eigenvalue weighted by Crippen LogP contribution is 1.84. The highest BCUT2D eigenvalue weighted by atomic mass is 16.6. The van der Waals surface area contributed by atoms with Crippen molar-refractivity contribution in [2.45, 2.75) is 19.8 Å². The monoisotopic (exact) mass is 143 g/mol. The number of hydrogen-bond donors (Lipinski definition) is 1. The summed E-state index contributed by atoms with van der Waals surface area (Å²) >= 11 is 0. The highest BCUT2D eigenvalue weighted by Gasteiger charge is 1.90. The molecule has 0 spiro atoms. The predicted molar refractivity (Wildman–Crippen MR) is 39.2 cm³/mol. The summed E-state index contributed by atoms with van der Waals surface area (Å²) in [5.74, 6) is -0.295. The Labute approximate surface area is 61.0 Å². The van der Waals surface area contributed by atoms with Crippen LogP contribution >= 0.6 is 0 Å². The molecule has 0 saturated carbocycles. The van der Waals surface area contributed by atoms with Gasteiger partial charge in [0.2, 0.25) is 0 Å². The Morgan fingerprint density at radius 1 is 1.80 bits per heavy atom. The zero-order valence-corrected chi connectivity index (χ0v) is 6.22. The molecule has 0 radical (unpaired) electrons. The van der Waals surface area contributed by atoms with Crippen LogP contribution in [0.5, 0.6) is 0 Å². The van der Waals surface area contributed by atoms with Crippen LogP contribution in [-0.2, 0) is 9.63 Å². The molecule has 0 aromatic carbocycles. The van der Waals surface area contributed by atoms with Gasteiger partial charge in [-0.05, 0) is 12.5 Å². The van der Waals surface area contributed by atoms with Crippen LogP contribution in [0.2, 0.25) is 0 Å². The normalized spacial score (nSPS) is 8.90. The van der Waals surface area contributed by atoms with E-state index in [4.69, 9.17) is 4.84 Å². The smallest absolute Gasteiger partial charge is 0.266 e. The number of carbonyl (C=O) groups excluding carboxylic acids is 1. The van der Waals surface area contributed by atoms with E-state index < -0.39 is 0 Å². The first-order valence-corrected chi connectivity index (χ1v) is 3.35. The number of hydroxylamine groups is 1. The molecule has 0 aliphatic rings. The van der Waals surface area contributed by atoms with Crippen LogP contribution in [0.3, 0.4) is 0 Å². The summed E-state index contributed by atoms with van der Waals surface area (Å²) < 4.78 is 0. The van der Waals surface area contributed by atoms with Crippen LogP contribution in [-0.4, -0.2) is 12.5 Å². The standard InChI is InChI=1S/C7H13NO2/c1-3-5-6-10-8-7(9)4-2/h4H,2-3,5-6H2,1H3,(H,8,9). The number of hydrogen-bond acceptors (Lipinski definition) is 2. The zero-order chi connectivity index (χ0) is 7.82. The van der Waals surface area contributed by atoms with Crippen molar-refractivity contribution in [2.75, 3.05) is 6.61 Å². The number of rotatable bonds is 5. The van der Waals surface area contributed by atoms with E-state index in [-0.39, 0.29) is 5.91 Å². The summed E-state index contributed by atoms with van der Waals surface area (Å²) in [6.07, 6.45) is 3.19. The Morgan fingerprint density at radius 3 is 3.00 bits per heavy atom. The SMILES string of the molecule is C=CC(=O)NOCCCC. The summed E-state index contributed by atoms with van der Waals surface area (Å²) in [7, 11) is 0. The first-order valence-electron chi connectivity index (χ1n) is 3.35. The molecule has 0 rings (SSSR count). The van der Waals surface area contributed by atoms with Gasteiger partial charge in [-0.3, -0.25) is 9.63 Å². The number of carbonyl (C=O) groups is 1. The topological polar surface area (TPSA) is 38.3 Å². The minimum atomic E-state index is -0.295. The fourth-order valence-electron chi connectivity index (χ4n) is 0.380. The fraction of sp³-hybridized carbons (Fsp3) is 0.571. The van der Waals surface area contributed by atoms with Gasteiger partial charge in [0, 0.05) is 0 Å². The molecule has 0 aromatic heterocycles. The third-order valence-electron chi connectivity index (χ3n) is 0.958. The van der Waals surface area contributed by atoms with E-state index in [1.165, 1.54) is 6.08 Å². The lowest BCUT2D eigenvalue weighted by Gasteiger charge is -2.00. The minimum Gasteiger partial charge on any atom is -0.273 e. The average molecular weight is 143 g/mol. The summed E-state index contributed by atoms with van der Waals surface area (Å²) in [4.78, 5) is 15.2. The van der Waals surface area contributed by atoms with Gasteiger partial charge in [0.05, 0.1) is 6.61 Å². The second kappa shape index (κ2) is 6.29. The van der Waals surface area contributed by atoms with Gasteiger partial charge in [-0.15, -0.1) is 0 Å². The van der Waals surface area contributed by atoms with Gasteiger partial charge < -0.3 is 0 Å². The average Bonchev–Trinajstić information content (AvgIpc) is 1.98. The molecular weight excluding hydrogens is 130 g/mol. The van der Waals surface area contributed by atoms with Crippen LogP contribution in [0.15, 0.2) is 12.7 Å². The molecule has 0 atom stereocenters. The summed E-state index contributed by atoms with van der Waals surface area (Å²) in [5, 5.41) is 0. The zero-order valence-electron chi connectivity index (χ0n) is 6.22. The second-order valence-electron chi connectivity index (χ2n) is 1.87. The van der Waals surface area contributed by atoms with Gasteiger partial charge in [0.25, 0.3) is 5.91 Å². The van der Waals surface area contributed by atoms with Crippen molar-refractivity contribution in [2.24, 2.45) is 0 Å². The molecule has 58 valence electrons. The van der Waals surface area contributed by atoms with Gasteiger partial charge >= 0.3 is 0 Å². The molecule has 3 heteroatoms. The molecule has 1 amide bonds. The van der Waals surface area contributed by atoms with Crippen molar-refractivity contribution in [3.8, 4) is 0 Å². The molecule has 0 fully saturated rings. The molecule has 0 bridgehead atoms. The van der Waals surface area contributed by atoms with E-state index >= 15 is 0 Å². The van der Waals surface area contributed by atoms with Crippen LogP contribution in [0, 0.1) is 0 Å². The lowest BCUT2D eigenvalue weighted by Crippen LogP contribution is -2.21. The molecular formula is C7H13NO2. The van der Waals surface area contributed by atoms with Crippen LogP contribution in [0.1, 0.15) is 19.8 Å². The third kappa shape index (κ3) is 5.31. The van der Waals surface area contributed by atoms with Crippen molar-refractivity contribution >= 4 is 5.91 Å². The van der Waals surface area contributed by atoms with E-state index in [9.17, 15) is 4.79 Å². The predicted octanol–water partition coefficient (Wildman–Crippen LogP) is 1.02. The number of amides is 1. The second-order valence-corrected chi connectivity index (χ2v) is 1.87. The largest absolute Gasteiger partial charge is 0.273 e. The van der Waals surface area contributed by atoms with E-state index in [2.05, 4.69) is 19.0 Å². The van der Waals surface area contributed by atoms with Crippen molar-refractivity contribution in [1.29, 1.82) is 0 Å². The maximum absolute atomic E-state index is 10.4. The molecule has 0 aliphatic heterocycles. The first-order chi connectivity index (χ1) is 4.81. The molecule has 0 unspecified atom stereocenters. The van der Waals surface area contributed by atoms with Crippen molar-refractivity contribution in [3.63, 3.8) is 0 Å². The lowest BCUT2D eigenvalue weighted by molar-refractivity contribution is -0.128. The number of unbranched alkanes of at least 4 members (excludes halogenated alkanes) is 1. The number of nitrogens with one attached hydrogen (secondary N) is 1. The Balaban J connectivity index is 3.03. The Hall–Kier alpha value is -0.830. The highest BCUT2D eigenvalue weighted by molar-refractivity contribution is 5.85. The Kier molecular flexibility index (Phi) is 5.77. The first kappa shape index (κ1) is 9.17. The van der Waals surface area contributed by atoms with Gasteiger partial charge in [0.15, 0.2) is 0 Å². The molecule has 3 nitrogen and oxygen atoms in total. The van der Waals surface area contributed by atoms with Gasteiger partial charge in [0.1, 0.15) is 0 Å². The van der Waals surface area contributed by atoms with Crippen molar-refractivity contribution in [1.82, 2.24) is 5.48 Å². The molecule has 0 aliphatic carbocycles. The summed E-state index contributed by atoms with van der Waals surface area (Å²) in [6.45, 7) is 5.89. The summed E-state index contributed by atoms with van der Waals surface area (Å²) in [6, 6.07) is 0. The molecule has 0 saturated heterocycles. The minimum absolute atomic E-state index is 0.295. The Morgan fingerprint density at radius 2 is 2.50 bits per heavy atom. The van der Waals surface area contributed by atoms with E-state index in [0.29, 0.717) is 6.61 Å². The van der Waals surface area contributed by atoms with Gasteiger partial charge in [-0.2, -0.15) is 0 Å². The maximum Gasteiger partial charge on any atom is 0.266 e. The van der Waals surface area contributed by atoms with Crippen LogP contribution in [0.4, 0.5) is 0 Å². The molecule has 10 heavy (non-hydrogen) atoms. The summed E-state index contributed by atoms with van der Waals surface area (Å²) in [5.41, 5.74) is 2.21. The van der Waals surface area contributed by atoms with Crippen LogP contribution < -0.4 is 5.48 Å². The van der Waals surface area contributed by atoms with Crippen molar-refractivity contribution < 1.29 is 9.63 Å². The van der Waals surface area contributed by atoms with Gasteiger partial charge in [-0.25, -0.2) is 5.48 Å². The van der Waals surface area contributed by atoms with Crippen molar-refractivity contribution in [3.05, 3.63) is 12.7 Å².